The molecule has 0 aliphatic carbocycles. The molecule has 2 aromatic rings. The van der Waals surface area contributed by atoms with Gasteiger partial charge in [-0.15, -0.1) is 5.10 Å². The van der Waals surface area contributed by atoms with Crippen LogP contribution in [0.2, 0.25) is 5.02 Å². The maximum absolute atomic E-state index is 12.1. The van der Waals surface area contributed by atoms with Gasteiger partial charge in [-0.3, -0.25) is 4.79 Å². The highest BCUT2D eigenvalue weighted by atomic mass is 35.5. The molecule has 20 heavy (non-hydrogen) atoms. The first-order chi connectivity index (χ1) is 9.63. The molecule has 7 heteroatoms. The van der Waals surface area contributed by atoms with E-state index in [4.69, 9.17) is 11.6 Å². The molecule has 0 atom stereocenters. The van der Waals surface area contributed by atoms with Crippen LogP contribution in [0, 0.1) is 6.92 Å². The minimum absolute atomic E-state index is 0.269. The van der Waals surface area contributed by atoms with Crippen molar-refractivity contribution in [3.05, 3.63) is 40.7 Å². The van der Waals surface area contributed by atoms with Gasteiger partial charge in [0.2, 0.25) is 0 Å². The summed E-state index contributed by atoms with van der Waals surface area (Å²) in [4.78, 5) is 12.1. The highest BCUT2D eigenvalue weighted by molar-refractivity contribution is 6.30. The smallest absolute Gasteiger partial charge is 0.277 e. The van der Waals surface area contributed by atoms with E-state index in [-0.39, 0.29) is 5.91 Å². The second kappa shape index (κ2) is 5.22. The minimum atomic E-state index is -0.269. The van der Waals surface area contributed by atoms with Crippen LogP contribution in [0.4, 0.5) is 5.69 Å². The predicted octanol–water partition coefficient (Wildman–Crippen LogP) is 1.64. The maximum Gasteiger partial charge on any atom is 0.277 e. The lowest BCUT2D eigenvalue weighted by Crippen LogP contribution is -2.43. The lowest BCUT2D eigenvalue weighted by atomic mass is 10.2. The van der Waals surface area contributed by atoms with E-state index in [0.29, 0.717) is 16.8 Å². The van der Waals surface area contributed by atoms with Crippen molar-refractivity contribution in [2.75, 3.05) is 18.4 Å². The number of rotatable bonds is 3. The molecule has 1 amide bonds. The maximum atomic E-state index is 12.1. The molecule has 1 aromatic heterocycles. The number of halogens is 1. The van der Waals surface area contributed by atoms with Gasteiger partial charge in [0.05, 0.1) is 12.2 Å². The minimum Gasteiger partial charge on any atom is -0.320 e. The van der Waals surface area contributed by atoms with Crippen LogP contribution in [-0.2, 0) is 0 Å². The Bertz CT molecular complexity index is 650. The average Bonchev–Trinajstić information content (AvgIpc) is 2.80. The van der Waals surface area contributed by atoms with Gasteiger partial charge < -0.3 is 10.6 Å². The summed E-state index contributed by atoms with van der Waals surface area (Å²) in [7, 11) is 0. The first-order valence-electron chi connectivity index (χ1n) is 6.33. The second-order valence-corrected chi connectivity index (χ2v) is 5.25. The summed E-state index contributed by atoms with van der Waals surface area (Å²) in [5.74, 6) is -0.269. The van der Waals surface area contributed by atoms with Crippen LogP contribution < -0.4 is 10.6 Å². The molecule has 6 nitrogen and oxygen atoms in total. The number of amides is 1. The summed E-state index contributed by atoms with van der Waals surface area (Å²) in [6.45, 7) is 3.61. The summed E-state index contributed by atoms with van der Waals surface area (Å²) in [6, 6.07) is 5.60. The number of aryl methyl sites for hydroxylation is 1. The molecule has 2 heterocycles. The Morgan fingerprint density at radius 1 is 1.50 bits per heavy atom. The number of nitrogens with one attached hydrogen (secondary N) is 2. The second-order valence-electron chi connectivity index (χ2n) is 4.81. The number of benzene rings is 1. The van der Waals surface area contributed by atoms with E-state index in [1.807, 2.05) is 6.92 Å². The zero-order chi connectivity index (χ0) is 14.1. The van der Waals surface area contributed by atoms with Crippen LogP contribution in [0.5, 0.6) is 0 Å². The van der Waals surface area contributed by atoms with Crippen molar-refractivity contribution in [2.45, 2.75) is 13.0 Å². The fourth-order valence-corrected chi connectivity index (χ4v) is 2.20. The summed E-state index contributed by atoms with van der Waals surface area (Å²) >= 11 is 5.89. The number of carbonyl (C=O) groups is 1. The average molecular weight is 292 g/mol. The SMILES string of the molecule is Cc1cc(Cl)ccc1NC(=O)c1cn(C2CNC2)nn1. The van der Waals surface area contributed by atoms with Crippen molar-refractivity contribution in [1.82, 2.24) is 20.3 Å². The van der Waals surface area contributed by atoms with Crippen molar-refractivity contribution in [3.8, 4) is 0 Å². The number of nitrogens with zero attached hydrogens (tertiary/aromatic N) is 3. The monoisotopic (exact) mass is 291 g/mol. The van der Waals surface area contributed by atoms with Gasteiger partial charge in [-0.05, 0) is 30.7 Å². The van der Waals surface area contributed by atoms with Crippen molar-refractivity contribution >= 4 is 23.2 Å². The molecular formula is C13H14ClN5O. The standard InChI is InChI=1S/C13H14ClN5O/c1-8-4-9(14)2-3-11(8)16-13(20)12-7-19(18-17-12)10-5-15-6-10/h2-4,7,10,15H,5-6H2,1H3,(H,16,20). The topological polar surface area (TPSA) is 71.8 Å². The van der Waals surface area contributed by atoms with E-state index < -0.39 is 0 Å². The number of carbonyl (C=O) groups excluding carboxylic acids is 1. The lowest BCUT2D eigenvalue weighted by Gasteiger charge is -2.26. The predicted molar refractivity (Wildman–Crippen MR) is 76.1 cm³/mol. The summed E-state index contributed by atoms with van der Waals surface area (Å²) in [5.41, 5.74) is 1.94. The molecule has 1 aliphatic rings. The molecule has 1 aromatic carbocycles. The largest absolute Gasteiger partial charge is 0.320 e. The molecule has 2 N–H and O–H groups in total. The molecule has 0 saturated carbocycles. The zero-order valence-electron chi connectivity index (χ0n) is 10.9. The van der Waals surface area contributed by atoms with Gasteiger partial charge in [0.15, 0.2) is 5.69 Å². The Morgan fingerprint density at radius 2 is 2.30 bits per heavy atom. The molecule has 3 rings (SSSR count). The molecule has 104 valence electrons. The Kier molecular flexibility index (Phi) is 3.42. The molecule has 0 spiro atoms. The third kappa shape index (κ3) is 2.52. The Labute approximate surface area is 121 Å². The van der Waals surface area contributed by atoms with Gasteiger partial charge in [-0.1, -0.05) is 16.8 Å². The van der Waals surface area contributed by atoms with Gasteiger partial charge >= 0.3 is 0 Å². The molecular weight excluding hydrogens is 278 g/mol. The summed E-state index contributed by atoms with van der Waals surface area (Å²) < 4.78 is 1.72. The van der Waals surface area contributed by atoms with E-state index in [1.165, 1.54) is 0 Å². The van der Waals surface area contributed by atoms with Crippen molar-refractivity contribution < 1.29 is 4.79 Å². The van der Waals surface area contributed by atoms with Crippen LogP contribution in [0.1, 0.15) is 22.1 Å². The Hall–Kier alpha value is -1.92. The summed E-state index contributed by atoms with van der Waals surface area (Å²) in [5, 5.41) is 14.5. The van der Waals surface area contributed by atoms with Gasteiger partial charge in [-0.25, -0.2) is 4.68 Å². The highest BCUT2D eigenvalue weighted by Gasteiger charge is 2.21. The lowest BCUT2D eigenvalue weighted by molar-refractivity contribution is 0.102. The summed E-state index contributed by atoms with van der Waals surface area (Å²) in [6.07, 6.45) is 1.67. The highest BCUT2D eigenvalue weighted by Crippen LogP contribution is 2.20. The van der Waals surface area contributed by atoms with Crippen LogP contribution in [0.15, 0.2) is 24.4 Å². The fourth-order valence-electron chi connectivity index (χ4n) is 1.97. The molecule has 1 aliphatic heterocycles. The zero-order valence-corrected chi connectivity index (χ0v) is 11.7. The van der Waals surface area contributed by atoms with Crippen molar-refractivity contribution in [3.63, 3.8) is 0 Å². The molecule has 0 radical (unpaired) electrons. The fraction of sp³-hybridized carbons (Fsp3) is 0.308. The van der Waals surface area contributed by atoms with E-state index in [2.05, 4.69) is 20.9 Å². The van der Waals surface area contributed by atoms with Crippen LogP contribution in [0.25, 0.3) is 0 Å². The van der Waals surface area contributed by atoms with Gasteiger partial charge in [0, 0.05) is 23.8 Å². The van der Waals surface area contributed by atoms with Crippen LogP contribution >= 0.6 is 11.6 Å². The van der Waals surface area contributed by atoms with E-state index >= 15 is 0 Å². The Morgan fingerprint density at radius 3 is 2.95 bits per heavy atom. The number of hydrogen-bond donors (Lipinski definition) is 2. The van der Waals surface area contributed by atoms with Gasteiger partial charge in [0.1, 0.15) is 0 Å². The van der Waals surface area contributed by atoms with E-state index in [1.54, 1.807) is 29.1 Å². The molecule has 0 bridgehead atoms. The normalized spacial score (nSPS) is 14.9. The quantitative estimate of drug-likeness (QED) is 0.902. The first kappa shape index (κ1) is 13.1. The first-order valence-corrected chi connectivity index (χ1v) is 6.71. The molecule has 1 fully saturated rings. The van der Waals surface area contributed by atoms with Gasteiger partial charge in [-0.2, -0.15) is 0 Å². The Balaban J connectivity index is 1.73. The van der Waals surface area contributed by atoms with Crippen LogP contribution in [0.3, 0.4) is 0 Å². The molecule has 1 saturated heterocycles. The van der Waals surface area contributed by atoms with E-state index in [0.717, 1.165) is 24.3 Å². The third-order valence-electron chi connectivity index (χ3n) is 3.31. The van der Waals surface area contributed by atoms with Crippen molar-refractivity contribution in [1.29, 1.82) is 0 Å². The number of anilines is 1. The number of hydrogen-bond acceptors (Lipinski definition) is 4. The van der Waals surface area contributed by atoms with Gasteiger partial charge in [0.25, 0.3) is 5.91 Å². The number of aromatic nitrogens is 3. The van der Waals surface area contributed by atoms with E-state index in [9.17, 15) is 4.79 Å². The van der Waals surface area contributed by atoms with Crippen LogP contribution in [-0.4, -0.2) is 34.0 Å². The molecule has 0 unspecified atom stereocenters. The van der Waals surface area contributed by atoms with Crippen molar-refractivity contribution in [2.24, 2.45) is 0 Å². The third-order valence-corrected chi connectivity index (χ3v) is 3.55.